The van der Waals surface area contributed by atoms with Gasteiger partial charge in [-0.15, -0.1) is 0 Å². The van der Waals surface area contributed by atoms with E-state index in [1.165, 1.54) is 25.7 Å². The van der Waals surface area contributed by atoms with Gasteiger partial charge in [0.1, 0.15) is 5.76 Å². The van der Waals surface area contributed by atoms with Gasteiger partial charge in [-0.05, 0) is 55.9 Å². The number of allylic oxidation sites excluding steroid dienone is 1. The molecule has 2 bridgehead atoms. The fourth-order valence-corrected chi connectivity index (χ4v) is 3.75. The van der Waals surface area contributed by atoms with Gasteiger partial charge in [-0.3, -0.25) is 0 Å². The number of rotatable bonds is 2. The second-order valence-corrected chi connectivity index (χ2v) is 5.46. The van der Waals surface area contributed by atoms with Gasteiger partial charge in [0.25, 0.3) is 0 Å². The molecule has 2 N–H and O–H groups in total. The Morgan fingerprint density at radius 3 is 2.87 bits per heavy atom. The average molecular weight is 207 g/mol. The topological polar surface area (TPSA) is 35.2 Å². The molecule has 4 atom stereocenters. The lowest BCUT2D eigenvalue weighted by Crippen LogP contribution is -2.36. The van der Waals surface area contributed by atoms with E-state index in [9.17, 15) is 0 Å². The molecular weight excluding hydrogens is 186 g/mol. The van der Waals surface area contributed by atoms with Crippen molar-refractivity contribution in [3.63, 3.8) is 0 Å². The van der Waals surface area contributed by atoms with Crippen LogP contribution in [0.15, 0.2) is 11.8 Å². The molecule has 0 aromatic carbocycles. The molecule has 3 aliphatic rings. The van der Waals surface area contributed by atoms with E-state index in [0.717, 1.165) is 37.0 Å². The molecule has 4 unspecified atom stereocenters. The zero-order valence-corrected chi connectivity index (χ0v) is 9.32. The van der Waals surface area contributed by atoms with Crippen LogP contribution in [-0.4, -0.2) is 12.6 Å². The highest BCUT2D eigenvalue weighted by molar-refractivity contribution is 5.10. The molecule has 2 heteroatoms. The molecule has 0 aromatic heterocycles. The molecule has 2 saturated carbocycles. The lowest BCUT2D eigenvalue weighted by Gasteiger charge is -2.30. The van der Waals surface area contributed by atoms with Gasteiger partial charge in [0.2, 0.25) is 0 Å². The Labute approximate surface area is 91.9 Å². The van der Waals surface area contributed by atoms with E-state index in [1.807, 2.05) is 0 Å². The standard InChI is InChI=1S/C13H21NO/c14-13(12-3-1-2-6-15-12)11-8-9-4-5-10(11)7-9/h3,9-11,13H,1-2,4-8,14H2. The van der Waals surface area contributed by atoms with Gasteiger partial charge in [-0.1, -0.05) is 6.42 Å². The summed E-state index contributed by atoms with van der Waals surface area (Å²) in [5, 5.41) is 0. The van der Waals surface area contributed by atoms with E-state index < -0.39 is 0 Å². The van der Waals surface area contributed by atoms with E-state index in [-0.39, 0.29) is 6.04 Å². The maximum atomic E-state index is 6.35. The van der Waals surface area contributed by atoms with Crippen LogP contribution < -0.4 is 5.73 Å². The molecule has 2 aliphatic carbocycles. The van der Waals surface area contributed by atoms with Crippen LogP contribution in [0.1, 0.15) is 38.5 Å². The van der Waals surface area contributed by atoms with Crippen molar-refractivity contribution in [3.05, 3.63) is 11.8 Å². The first kappa shape index (κ1) is 9.71. The molecule has 3 rings (SSSR count). The third kappa shape index (κ3) is 1.69. The summed E-state index contributed by atoms with van der Waals surface area (Å²) in [6, 6.07) is 0.195. The van der Waals surface area contributed by atoms with E-state index in [0.29, 0.717) is 5.92 Å². The first-order valence-corrected chi connectivity index (χ1v) is 6.43. The van der Waals surface area contributed by atoms with Crippen molar-refractivity contribution in [2.24, 2.45) is 23.5 Å². The van der Waals surface area contributed by atoms with Gasteiger partial charge in [0, 0.05) is 0 Å². The minimum absolute atomic E-state index is 0.195. The minimum atomic E-state index is 0.195. The van der Waals surface area contributed by atoms with Gasteiger partial charge in [0.05, 0.1) is 12.6 Å². The predicted octanol–water partition coefficient (Wildman–Crippen LogP) is 2.44. The summed E-state index contributed by atoms with van der Waals surface area (Å²) >= 11 is 0. The van der Waals surface area contributed by atoms with E-state index >= 15 is 0 Å². The van der Waals surface area contributed by atoms with E-state index in [1.54, 1.807) is 0 Å². The van der Waals surface area contributed by atoms with Crippen LogP contribution in [0.3, 0.4) is 0 Å². The molecule has 2 fully saturated rings. The fraction of sp³-hybridized carbons (Fsp3) is 0.846. The Kier molecular flexibility index (Phi) is 2.47. The minimum Gasteiger partial charge on any atom is -0.497 e. The highest BCUT2D eigenvalue weighted by Crippen LogP contribution is 2.50. The highest BCUT2D eigenvalue weighted by atomic mass is 16.5. The monoisotopic (exact) mass is 207 g/mol. The smallest absolute Gasteiger partial charge is 0.109 e. The van der Waals surface area contributed by atoms with Crippen molar-refractivity contribution in [3.8, 4) is 0 Å². The lowest BCUT2D eigenvalue weighted by atomic mass is 9.82. The van der Waals surface area contributed by atoms with Crippen molar-refractivity contribution in [2.45, 2.75) is 44.6 Å². The fourth-order valence-electron chi connectivity index (χ4n) is 3.75. The molecule has 2 nitrogen and oxygen atoms in total. The zero-order valence-electron chi connectivity index (χ0n) is 9.32. The number of hydrogen-bond donors (Lipinski definition) is 1. The average Bonchev–Trinajstić information content (AvgIpc) is 2.91. The summed E-state index contributed by atoms with van der Waals surface area (Å²) < 4.78 is 5.70. The Balaban J connectivity index is 1.69. The summed E-state index contributed by atoms with van der Waals surface area (Å²) in [5.74, 6) is 3.69. The molecule has 84 valence electrons. The Morgan fingerprint density at radius 2 is 2.27 bits per heavy atom. The number of hydrogen-bond acceptors (Lipinski definition) is 2. The summed E-state index contributed by atoms with van der Waals surface area (Å²) in [4.78, 5) is 0. The lowest BCUT2D eigenvalue weighted by molar-refractivity contribution is 0.148. The summed E-state index contributed by atoms with van der Waals surface area (Å²) in [7, 11) is 0. The SMILES string of the molecule is NC(C1=CCCCO1)C1CC2CCC1C2. The molecule has 0 amide bonds. The molecular formula is C13H21NO. The Morgan fingerprint density at radius 1 is 1.33 bits per heavy atom. The molecule has 0 aromatic rings. The van der Waals surface area contributed by atoms with Gasteiger partial charge in [0.15, 0.2) is 0 Å². The highest BCUT2D eigenvalue weighted by Gasteiger charge is 2.43. The normalized spacial score (nSPS) is 41.1. The van der Waals surface area contributed by atoms with E-state index in [2.05, 4.69) is 6.08 Å². The van der Waals surface area contributed by atoms with Crippen LogP contribution >= 0.6 is 0 Å². The van der Waals surface area contributed by atoms with Crippen molar-refractivity contribution in [1.29, 1.82) is 0 Å². The first-order valence-electron chi connectivity index (χ1n) is 6.43. The van der Waals surface area contributed by atoms with Crippen molar-refractivity contribution in [2.75, 3.05) is 6.61 Å². The summed E-state index contributed by atoms with van der Waals surface area (Å²) in [6.07, 6.45) is 10.2. The second-order valence-electron chi connectivity index (χ2n) is 5.46. The van der Waals surface area contributed by atoms with Gasteiger partial charge in [-0.25, -0.2) is 0 Å². The van der Waals surface area contributed by atoms with Gasteiger partial charge < -0.3 is 10.5 Å². The zero-order chi connectivity index (χ0) is 10.3. The molecule has 0 radical (unpaired) electrons. The molecule has 15 heavy (non-hydrogen) atoms. The van der Waals surface area contributed by atoms with Crippen molar-refractivity contribution >= 4 is 0 Å². The first-order chi connectivity index (χ1) is 7.34. The third-order valence-electron chi connectivity index (χ3n) is 4.55. The number of fused-ring (bicyclic) bond motifs is 2. The van der Waals surface area contributed by atoms with Crippen LogP contribution in [0, 0.1) is 17.8 Å². The Bertz CT molecular complexity index is 274. The number of ether oxygens (including phenoxy) is 1. The van der Waals surface area contributed by atoms with Crippen molar-refractivity contribution in [1.82, 2.24) is 0 Å². The second kappa shape index (κ2) is 3.82. The van der Waals surface area contributed by atoms with Crippen molar-refractivity contribution < 1.29 is 4.74 Å². The maximum absolute atomic E-state index is 6.35. The van der Waals surface area contributed by atoms with Crippen LogP contribution in [0.4, 0.5) is 0 Å². The maximum Gasteiger partial charge on any atom is 0.109 e. The quantitative estimate of drug-likeness (QED) is 0.755. The molecule has 0 saturated heterocycles. The van der Waals surface area contributed by atoms with Gasteiger partial charge >= 0.3 is 0 Å². The van der Waals surface area contributed by atoms with Crippen LogP contribution in [0.2, 0.25) is 0 Å². The summed E-state index contributed by atoms with van der Waals surface area (Å²) in [5.41, 5.74) is 6.35. The van der Waals surface area contributed by atoms with Crippen LogP contribution in [0.25, 0.3) is 0 Å². The van der Waals surface area contributed by atoms with E-state index in [4.69, 9.17) is 10.5 Å². The molecule has 1 heterocycles. The van der Waals surface area contributed by atoms with Crippen LogP contribution in [-0.2, 0) is 4.74 Å². The predicted molar refractivity (Wildman–Crippen MR) is 60.2 cm³/mol. The Hall–Kier alpha value is -0.500. The number of nitrogens with two attached hydrogens (primary N) is 1. The summed E-state index contributed by atoms with van der Waals surface area (Å²) in [6.45, 7) is 0.875. The van der Waals surface area contributed by atoms with Gasteiger partial charge in [-0.2, -0.15) is 0 Å². The van der Waals surface area contributed by atoms with Crippen LogP contribution in [0.5, 0.6) is 0 Å². The third-order valence-corrected chi connectivity index (χ3v) is 4.55. The largest absolute Gasteiger partial charge is 0.497 e. The molecule has 1 aliphatic heterocycles. The molecule has 0 spiro atoms.